The first-order valence-electron chi connectivity index (χ1n) is 7.69. The van der Waals surface area contributed by atoms with Gasteiger partial charge in [-0.05, 0) is 42.0 Å². The maximum absolute atomic E-state index is 12.2. The van der Waals surface area contributed by atoms with Crippen LogP contribution in [0.2, 0.25) is 0 Å². The van der Waals surface area contributed by atoms with Crippen molar-refractivity contribution in [3.63, 3.8) is 0 Å². The molecule has 120 valence electrons. The molecular weight excluding hydrogens is 292 g/mol. The number of amides is 1. The first kappa shape index (κ1) is 15.5. The predicted octanol–water partition coefficient (Wildman–Crippen LogP) is 2.57. The second kappa shape index (κ2) is 7.26. The zero-order valence-electron chi connectivity index (χ0n) is 12.8. The molecule has 3 N–H and O–H groups in total. The Morgan fingerprint density at radius 2 is 1.91 bits per heavy atom. The Labute approximate surface area is 135 Å². The summed E-state index contributed by atoms with van der Waals surface area (Å²) < 4.78 is 11.1. The molecule has 2 aromatic rings. The summed E-state index contributed by atoms with van der Waals surface area (Å²) in [6.07, 6.45) is 1.04. The van der Waals surface area contributed by atoms with Crippen LogP contribution in [-0.2, 0) is 11.3 Å². The van der Waals surface area contributed by atoms with Gasteiger partial charge in [-0.15, -0.1) is 0 Å². The SMILES string of the molecule is NCc1ccc(C(=O)Nc2ccc(OC3CCOC3)cc2)cc1. The Morgan fingerprint density at radius 1 is 1.17 bits per heavy atom. The summed E-state index contributed by atoms with van der Waals surface area (Å²) in [4.78, 5) is 12.2. The van der Waals surface area contributed by atoms with Crippen molar-refractivity contribution in [1.82, 2.24) is 0 Å². The average molecular weight is 312 g/mol. The van der Waals surface area contributed by atoms with Gasteiger partial charge < -0.3 is 20.5 Å². The van der Waals surface area contributed by atoms with Crippen LogP contribution in [0.1, 0.15) is 22.3 Å². The van der Waals surface area contributed by atoms with Gasteiger partial charge in [-0.2, -0.15) is 0 Å². The molecule has 0 saturated carbocycles. The van der Waals surface area contributed by atoms with Crippen LogP contribution in [-0.4, -0.2) is 25.2 Å². The minimum absolute atomic E-state index is 0.122. The molecule has 1 atom stereocenters. The Kier molecular flexibility index (Phi) is 4.90. The molecule has 3 rings (SSSR count). The van der Waals surface area contributed by atoms with Crippen LogP contribution in [0.15, 0.2) is 48.5 Å². The third-order valence-corrected chi connectivity index (χ3v) is 3.75. The summed E-state index contributed by atoms with van der Waals surface area (Å²) in [6, 6.07) is 14.6. The van der Waals surface area contributed by atoms with E-state index < -0.39 is 0 Å². The molecule has 2 aromatic carbocycles. The van der Waals surface area contributed by atoms with E-state index in [1.165, 1.54) is 0 Å². The fourth-order valence-corrected chi connectivity index (χ4v) is 2.41. The average Bonchev–Trinajstić information content (AvgIpc) is 3.10. The fraction of sp³-hybridized carbons (Fsp3) is 0.278. The van der Waals surface area contributed by atoms with Crippen molar-refractivity contribution in [2.24, 2.45) is 5.73 Å². The van der Waals surface area contributed by atoms with Gasteiger partial charge in [0.1, 0.15) is 11.9 Å². The van der Waals surface area contributed by atoms with E-state index in [1.54, 1.807) is 12.1 Å². The number of benzene rings is 2. The summed E-state index contributed by atoms with van der Waals surface area (Å²) in [7, 11) is 0. The van der Waals surface area contributed by atoms with Crippen molar-refractivity contribution in [3.8, 4) is 5.75 Å². The lowest BCUT2D eigenvalue weighted by Crippen LogP contribution is -2.15. The highest BCUT2D eigenvalue weighted by Crippen LogP contribution is 2.20. The van der Waals surface area contributed by atoms with Crippen molar-refractivity contribution in [2.45, 2.75) is 19.1 Å². The Balaban J connectivity index is 1.59. The van der Waals surface area contributed by atoms with Crippen molar-refractivity contribution in [1.29, 1.82) is 0 Å². The molecule has 0 bridgehead atoms. The van der Waals surface area contributed by atoms with Crippen LogP contribution in [0, 0.1) is 0 Å². The second-order valence-electron chi connectivity index (χ2n) is 5.48. The molecule has 5 heteroatoms. The Morgan fingerprint density at radius 3 is 2.52 bits per heavy atom. The standard InChI is InChI=1S/C18H20N2O3/c19-11-13-1-3-14(4-2-13)18(21)20-15-5-7-16(8-6-15)23-17-9-10-22-12-17/h1-8,17H,9-12,19H2,(H,20,21). The van der Waals surface area contributed by atoms with Gasteiger partial charge in [0.2, 0.25) is 0 Å². The number of carbonyl (C=O) groups excluding carboxylic acids is 1. The highest BCUT2D eigenvalue weighted by molar-refractivity contribution is 6.04. The molecule has 1 heterocycles. The monoisotopic (exact) mass is 312 g/mol. The molecule has 0 radical (unpaired) electrons. The van der Waals surface area contributed by atoms with Gasteiger partial charge >= 0.3 is 0 Å². The van der Waals surface area contributed by atoms with Crippen molar-refractivity contribution in [3.05, 3.63) is 59.7 Å². The van der Waals surface area contributed by atoms with E-state index in [-0.39, 0.29) is 12.0 Å². The molecule has 1 aliphatic rings. The highest BCUT2D eigenvalue weighted by Gasteiger charge is 2.17. The second-order valence-corrected chi connectivity index (χ2v) is 5.48. The minimum atomic E-state index is -0.147. The first-order valence-corrected chi connectivity index (χ1v) is 7.69. The van der Waals surface area contributed by atoms with E-state index in [2.05, 4.69) is 5.32 Å². The number of hydrogen-bond donors (Lipinski definition) is 2. The molecule has 5 nitrogen and oxygen atoms in total. The maximum atomic E-state index is 12.2. The van der Waals surface area contributed by atoms with Gasteiger partial charge in [0, 0.05) is 24.2 Å². The van der Waals surface area contributed by atoms with E-state index >= 15 is 0 Å². The van der Waals surface area contributed by atoms with Crippen LogP contribution < -0.4 is 15.8 Å². The molecule has 0 spiro atoms. The normalized spacial score (nSPS) is 17.0. The number of nitrogens with two attached hydrogens (primary N) is 1. The first-order chi connectivity index (χ1) is 11.2. The van der Waals surface area contributed by atoms with Crippen molar-refractivity contribution < 1.29 is 14.3 Å². The minimum Gasteiger partial charge on any atom is -0.488 e. The summed E-state index contributed by atoms with van der Waals surface area (Å²) in [5.74, 6) is 0.636. The molecule has 1 fully saturated rings. The van der Waals surface area contributed by atoms with Gasteiger partial charge in [0.25, 0.3) is 5.91 Å². The highest BCUT2D eigenvalue weighted by atomic mass is 16.5. The maximum Gasteiger partial charge on any atom is 0.255 e. The third kappa shape index (κ3) is 4.09. The van der Waals surface area contributed by atoms with Crippen LogP contribution >= 0.6 is 0 Å². The van der Waals surface area contributed by atoms with Gasteiger partial charge in [-0.1, -0.05) is 12.1 Å². The van der Waals surface area contributed by atoms with E-state index in [0.29, 0.717) is 18.7 Å². The number of ether oxygens (including phenoxy) is 2. The fourth-order valence-electron chi connectivity index (χ4n) is 2.41. The molecule has 1 amide bonds. The molecule has 1 unspecified atom stereocenters. The van der Waals surface area contributed by atoms with Crippen LogP contribution in [0.25, 0.3) is 0 Å². The molecule has 1 saturated heterocycles. The van der Waals surface area contributed by atoms with Gasteiger partial charge in [0.05, 0.1) is 13.2 Å². The zero-order chi connectivity index (χ0) is 16.1. The topological polar surface area (TPSA) is 73.6 Å². The lowest BCUT2D eigenvalue weighted by molar-refractivity contribution is 0.102. The van der Waals surface area contributed by atoms with Gasteiger partial charge in [-0.3, -0.25) is 4.79 Å². The predicted molar refractivity (Wildman–Crippen MR) is 88.6 cm³/mol. The summed E-state index contributed by atoms with van der Waals surface area (Å²) in [5, 5.41) is 2.87. The molecule has 0 aliphatic carbocycles. The third-order valence-electron chi connectivity index (χ3n) is 3.75. The number of anilines is 1. The van der Waals surface area contributed by atoms with Crippen molar-refractivity contribution >= 4 is 11.6 Å². The number of nitrogens with one attached hydrogen (secondary N) is 1. The van der Waals surface area contributed by atoms with E-state index in [9.17, 15) is 4.79 Å². The Hall–Kier alpha value is -2.37. The smallest absolute Gasteiger partial charge is 0.255 e. The van der Waals surface area contributed by atoms with Crippen LogP contribution in [0.5, 0.6) is 5.75 Å². The van der Waals surface area contributed by atoms with Gasteiger partial charge in [0.15, 0.2) is 0 Å². The molecule has 23 heavy (non-hydrogen) atoms. The van der Waals surface area contributed by atoms with Crippen LogP contribution in [0.4, 0.5) is 5.69 Å². The largest absolute Gasteiger partial charge is 0.488 e. The number of rotatable bonds is 5. The molecular formula is C18H20N2O3. The van der Waals surface area contributed by atoms with E-state index in [0.717, 1.165) is 30.0 Å². The molecule has 1 aliphatic heterocycles. The zero-order valence-corrected chi connectivity index (χ0v) is 12.8. The quantitative estimate of drug-likeness (QED) is 0.890. The van der Waals surface area contributed by atoms with Crippen LogP contribution in [0.3, 0.4) is 0 Å². The molecule has 0 aromatic heterocycles. The summed E-state index contributed by atoms with van der Waals surface area (Å²) >= 11 is 0. The summed E-state index contributed by atoms with van der Waals surface area (Å²) in [5.41, 5.74) is 7.88. The lowest BCUT2D eigenvalue weighted by Gasteiger charge is -2.12. The van der Waals surface area contributed by atoms with E-state index in [1.807, 2.05) is 36.4 Å². The Bertz CT molecular complexity index is 647. The van der Waals surface area contributed by atoms with Gasteiger partial charge in [-0.25, -0.2) is 0 Å². The summed E-state index contributed by atoms with van der Waals surface area (Å²) in [6.45, 7) is 1.86. The lowest BCUT2D eigenvalue weighted by atomic mass is 10.1. The van der Waals surface area contributed by atoms with Crippen molar-refractivity contribution in [2.75, 3.05) is 18.5 Å². The van der Waals surface area contributed by atoms with E-state index in [4.69, 9.17) is 15.2 Å². The number of hydrogen-bond acceptors (Lipinski definition) is 4. The number of carbonyl (C=O) groups is 1.